The van der Waals surface area contributed by atoms with Crippen LogP contribution in [0.5, 0.6) is 11.5 Å². The third-order valence-corrected chi connectivity index (χ3v) is 2.80. The average molecular weight is 296 g/mol. The van der Waals surface area contributed by atoms with Crippen molar-refractivity contribution in [3.05, 3.63) is 17.7 Å². The predicted octanol–water partition coefficient (Wildman–Crippen LogP) is 0.921. The first-order chi connectivity index (χ1) is 9.94. The van der Waals surface area contributed by atoms with Gasteiger partial charge in [0.25, 0.3) is 5.91 Å². The Balaban J connectivity index is 2.98. The third kappa shape index (κ3) is 4.01. The van der Waals surface area contributed by atoms with Gasteiger partial charge < -0.3 is 24.8 Å². The molecule has 1 aromatic rings. The number of carbonyl (C=O) groups excluding carboxylic acids is 2. The lowest BCUT2D eigenvalue weighted by molar-refractivity contribution is -0.143. The Bertz CT molecular complexity index is 530. The van der Waals surface area contributed by atoms with Gasteiger partial charge >= 0.3 is 5.97 Å². The lowest BCUT2D eigenvalue weighted by Gasteiger charge is -2.18. The largest absolute Gasteiger partial charge is 0.493 e. The van der Waals surface area contributed by atoms with Crippen LogP contribution in [0.3, 0.4) is 0 Å². The second-order valence-corrected chi connectivity index (χ2v) is 4.26. The van der Waals surface area contributed by atoms with Crippen molar-refractivity contribution in [1.29, 1.82) is 0 Å². The van der Waals surface area contributed by atoms with E-state index < -0.39 is 11.9 Å². The van der Waals surface area contributed by atoms with Gasteiger partial charge in [0.2, 0.25) is 0 Å². The molecule has 0 fully saturated rings. The molecule has 0 aliphatic rings. The maximum atomic E-state index is 12.3. The molecule has 0 bridgehead atoms. The topological polar surface area (TPSA) is 91.1 Å². The van der Waals surface area contributed by atoms with E-state index in [0.717, 1.165) is 0 Å². The minimum Gasteiger partial charge on any atom is -0.493 e. The molecule has 0 atom stereocenters. The Labute approximate surface area is 123 Å². The molecule has 0 aromatic heterocycles. The number of rotatable bonds is 6. The van der Waals surface area contributed by atoms with Crippen LogP contribution in [0.15, 0.2) is 12.1 Å². The second kappa shape index (κ2) is 7.37. The highest BCUT2D eigenvalue weighted by molar-refractivity contribution is 6.01. The smallest absolute Gasteiger partial charge is 0.325 e. The summed E-state index contributed by atoms with van der Waals surface area (Å²) in [5, 5.41) is 0. The van der Waals surface area contributed by atoms with Gasteiger partial charge in [0.1, 0.15) is 6.54 Å². The van der Waals surface area contributed by atoms with E-state index >= 15 is 0 Å². The standard InChI is InChI=1S/C14H20N2O5/c1-5-21-13(17)8-16(2)14(18)9-6-11(19-3)12(20-4)7-10(9)15/h6-7H,5,8,15H2,1-4H3. The van der Waals surface area contributed by atoms with E-state index in [1.54, 1.807) is 6.92 Å². The molecule has 0 aliphatic carbocycles. The monoisotopic (exact) mass is 296 g/mol. The summed E-state index contributed by atoms with van der Waals surface area (Å²) in [6, 6.07) is 2.99. The van der Waals surface area contributed by atoms with Crippen molar-refractivity contribution < 1.29 is 23.8 Å². The number of nitrogens with two attached hydrogens (primary N) is 1. The Morgan fingerprint density at radius 2 is 1.76 bits per heavy atom. The fourth-order valence-corrected chi connectivity index (χ4v) is 1.76. The first-order valence-electron chi connectivity index (χ1n) is 6.37. The number of nitrogens with zero attached hydrogens (tertiary/aromatic N) is 1. The number of hydrogen-bond acceptors (Lipinski definition) is 6. The van der Waals surface area contributed by atoms with Crippen molar-refractivity contribution >= 4 is 17.6 Å². The minimum absolute atomic E-state index is 0.152. The number of nitrogen functional groups attached to an aromatic ring is 1. The molecule has 1 amide bonds. The quantitative estimate of drug-likeness (QED) is 0.620. The van der Waals surface area contributed by atoms with Gasteiger partial charge in [-0.15, -0.1) is 0 Å². The summed E-state index contributed by atoms with van der Waals surface area (Å²) in [6.07, 6.45) is 0. The maximum absolute atomic E-state index is 12.3. The Hall–Kier alpha value is -2.44. The zero-order valence-corrected chi connectivity index (χ0v) is 12.6. The number of ether oxygens (including phenoxy) is 3. The van der Waals surface area contributed by atoms with Gasteiger partial charge in [-0.1, -0.05) is 0 Å². The highest BCUT2D eigenvalue weighted by Crippen LogP contribution is 2.32. The summed E-state index contributed by atoms with van der Waals surface area (Å²) in [7, 11) is 4.44. The van der Waals surface area contributed by atoms with Gasteiger partial charge in [-0.2, -0.15) is 0 Å². The number of hydrogen-bond donors (Lipinski definition) is 1. The SMILES string of the molecule is CCOC(=O)CN(C)C(=O)c1cc(OC)c(OC)cc1N. The van der Waals surface area contributed by atoms with Crippen LogP contribution in [0.25, 0.3) is 0 Å². The van der Waals surface area contributed by atoms with Crippen LogP contribution in [0.1, 0.15) is 17.3 Å². The normalized spacial score (nSPS) is 9.90. The Morgan fingerprint density at radius 3 is 2.29 bits per heavy atom. The van der Waals surface area contributed by atoms with E-state index in [4.69, 9.17) is 19.9 Å². The summed E-state index contributed by atoms with van der Waals surface area (Å²) in [6.45, 7) is 1.81. The second-order valence-electron chi connectivity index (χ2n) is 4.26. The summed E-state index contributed by atoms with van der Waals surface area (Å²) < 4.78 is 15.0. The van der Waals surface area contributed by atoms with E-state index in [1.165, 1.54) is 38.3 Å². The van der Waals surface area contributed by atoms with Gasteiger partial charge in [0.05, 0.1) is 26.4 Å². The summed E-state index contributed by atoms with van der Waals surface area (Å²) in [5.74, 6) is -0.0620. The van der Waals surface area contributed by atoms with Crippen LogP contribution in [-0.4, -0.2) is 51.2 Å². The Kier molecular flexibility index (Phi) is 5.83. The van der Waals surface area contributed by atoms with E-state index in [9.17, 15) is 9.59 Å². The molecule has 0 heterocycles. The highest BCUT2D eigenvalue weighted by Gasteiger charge is 2.20. The molecule has 7 nitrogen and oxygen atoms in total. The van der Waals surface area contributed by atoms with Crippen molar-refractivity contribution in [2.75, 3.05) is 40.2 Å². The van der Waals surface area contributed by atoms with Crippen molar-refractivity contribution in [1.82, 2.24) is 4.90 Å². The van der Waals surface area contributed by atoms with E-state index in [2.05, 4.69) is 0 Å². The van der Waals surface area contributed by atoms with E-state index in [0.29, 0.717) is 11.5 Å². The van der Waals surface area contributed by atoms with Crippen molar-refractivity contribution in [2.45, 2.75) is 6.92 Å². The number of carbonyl (C=O) groups is 2. The predicted molar refractivity (Wildman–Crippen MR) is 77.6 cm³/mol. The van der Waals surface area contributed by atoms with Gasteiger partial charge in [0.15, 0.2) is 11.5 Å². The fourth-order valence-electron chi connectivity index (χ4n) is 1.76. The molecule has 7 heteroatoms. The van der Waals surface area contributed by atoms with E-state index in [-0.39, 0.29) is 24.4 Å². The van der Waals surface area contributed by atoms with Crippen LogP contribution in [-0.2, 0) is 9.53 Å². The average Bonchev–Trinajstić information content (AvgIpc) is 2.46. The van der Waals surface area contributed by atoms with Crippen molar-refractivity contribution in [2.24, 2.45) is 0 Å². The first kappa shape index (κ1) is 16.6. The molecule has 0 unspecified atom stereocenters. The number of esters is 1. The molecule has 0 aliphatic heterocycles. The van der Waals surface area contributed by atoms with Crippen LogP contribution in [0, 0.1) is 0 Å². The molecular weight excluding hydrogens is 276 g/mol. The molecule has 2 N–H and O–H groups in total. The van der Waals surface area contributed by atoms with Crippen molar-refractivity contribution in [3.63, 3.8) is 0 Å². The van der Waals surface area contributed by atoms with Crippen LogP contribution in [0.4, 0.5) is 5.69 Å². The zero-order chi connectivity index (χ0) is 16.0. The molecule has 1 rings (SSSR count). The summed E-state index contributed by atoms with van der Waals surface area (Å²) in [4.78, 5) is 25.0. The molecule has 21 heavy (non-hydrogen) atoms. The Morgan fingerprint density at radius 1 is 1.19 bits per heavy atom. The third-order valence-electron chi connectivity index (χ3n) is 2.80. The van der Waals surface area contributed by atoms with Crippen LogP contribution in [0.2, 0.25) is 0 Å². The van der Waals surface area contributed by atoms with Gasteiger partial charge in [-0.05, 0) is 13.0 Å². The first-order valence-corrected chi connectivity index (χ1v) is 6.37. The number of anilines is 1. The van der Waals surface area contributed by atoms with Gasteiger partial charge in [-0.25, -0.2) is 0 Å². The molecular formula is C14H20N2O5. The lowest BCUT2D eigenvalue weighted by atomic mass is 10.1. The lowest BCUT2D eigenvalue weighted by Crippen LogP contribution is -2.33. The number of methoxy groups -OCH3 is 2. The number of benzene rings is 1. The molecule has 0 radical (unpaired) electrons. The van der Waals surface area contributed by atoms with Gasteiger partial charge in [-0.3, -0.25) is 9.59 Å². The molecule has 1 aromatic carbocycles. The molecule has 0 saturated carbocycles. The zero-order valence-electron chi connectivity index (χ0n) is 12.6. The van der Waals surface area contributed by atoms with Crippen LogP contribution >= 0.6 is 0 Å². The summed E-state index contributed by atoms with van der Waals surface area (Å²) >= 11 is 0. The number of likely N-dealkylation sites (N-methyl/N-ethyl adjacent to an activating group) is 1. The summed E-state index contributed by atoms with van der Waals surface area (Å²) in [5.41, 5.74) is 6.33. The van der Waals surface area contributed by atoms with E-state index in [1.807, 2.05) is 0 Å². The van der Waals surface area contributed by atoms with Gasteiger partial charge in [0, 0.05) is 18.8 Å². The number of amides is 1. The molecule has 0 spiro atoms. The van der Waals surface area contributed by atoms with Crippen molar-refractivity contribution in [3.8, 4) is 11.5 Å². The highest BCUT2D eigenvalue weighted by atomic mass is 16.5. The minimum atomic E-state index is -0.479. The molecule has 116 valence electrons. The maximum Gasteiger partial charge on any atom is 0.325 e. The van der Waals surface area contributed by atoms with Crippen LogP contribution < -0.4 is 15.2 Å². The fraction of sp³-hybridized carbons (Fsp3) is 0.429. The molecule has 0 saturated heterocycles.